The third-order valence-electron chi connectivity index (χ3n) is 8.43. The summed E-state index contributed by atoms with van der Waals surface area (Å²) in [6.45, 7) is 4.60. The lowest BCUT2D eigenvalue weighted by molar-refractivity contribution is -0.0376. The summed E-state index contributed by atoms with van der Waals surface area (Å²) in [5.74, 6) is 9.35. The fourth-order valence-electron chi connectivity index (χ4n) is 6.23. The number of hydrogen-bond acceptors (Lipinski definition) is 0. The van der Waals surface area contributed by atoms with E-state index < -0.39 is 0 Å². The van der Waals surface area contributed by atoms with Crippen molar-refractivity contribution in [3.8, 4) is 11.8 Å². The van der Waals surface area contributed by atoms with Gasteiger partial charge in [-0.3, -0.25) is 0 Å². The summed E-state index contributed by atoms with van der Waals surface area (Å²) in [4.78, 5) is 0. The molecule has 0 heteroatoms. The molecule has 0 spiro atoms. The largest absolute Gasteiger partial charge is 0.0911 e. The maximum Gasteiger partial charge on any atom is 0.0319 e. The van der Waals surface area contributed by atoms with Gasteiger partial charge >= 0.3 is 0 Å². The van der Waals surface area contributed by atoms with Crippen molar-refractivity contribution in [1.29, 1.82) is 0 Å². The topological polar surface area (TPSA) is 0 Å². The molecule has 4 fully saturated rings. The molecule has 0 heterocycles. The van der Waals surface area contributed by atoms with Crippen molar-refractivity contribution in [2.24, 2.45) is 22.7 Å². The Balaban J connectivity index is 1.40. The number of aryl methyl sites for hydroxylation is 1. The second-order valence-electron chi connectivity index (χ2n) is 9.57. The molecule has 26 heavy (non-hydrogen) atoms. The van der Waals surface area contributed by atoms with Crippen LogP contribution in [0, 0.1) is 34.5 Å². The van der Waals surface area contributed by atoms with Crippen LogP contribution in [0.2, 0.25) is 0 Å². The number of benzene rings is 1. The lowest BCUT2D eigenvalue weighted by atomic mass is 9.48. The molecule has 4 aliphatic rings. The van der Waals surface area contributed by atoms with E-state index in [-0.39, 0.29) is 0 Å². The highest BCUT2D eigenvalue weighted by Gasteiger charge is 2.51. The summed E-state index contributed by atoms with van der Waals surface area (Å²) < 4.78 is 0. The van der Waals surface area contributed by atoms with Gasteiger partial charge in [-0.1, -0.05) is 57.1 Å². The molecule has 0 aliphatic heterocycles. The molecular formula is C26H36. The van der Waals surface area contributed by atoms with Crippen LogP contribution in [0.25, 0.3) is 0 Å². The van der Waals surface area contributed by atoms with Gasteiger partial charge in [-0.15, -0.1) is 0 Å². The summed E-state index contributed by atoms with van der Waals surface area (Å²) in [7, 11) is 0. The van der Waals surface area contributed by atoms with Crippen LogP contribution in [-0.4, -0.2) is 0 Å². The van der Waals surface area contributed by atoms with Crippen LogP contribution in [0.4, 0.5) is 0 Å². The lowest BCUT2D eigenvalue weighted by Gasteiger charge is -2.56. The second-order valence-corrected chi connectivity index (χ2v) is 9.57. The normalized spacial score (nSPS) is 36.4. The van der Waals surface area contributed by atoms with Crippen LogP contribution in [0.3, 0.4) is 0 Å². The van der Waals surface area contributed by atoms with Crippen LogP contribution in [0.5, 0.6) is 0 Å². The zero-order chi connectivity index (χ0) is 18.0. The number of hydrogen-bond donors (Lipinski definition) is 0. The van der Waals surface area contributed by atoms with Crippen LogP contribution in [0.1, 0.15) is 95.6 Å². The molecule has 140 valence electrons. The fraction of sp³-hybridized carbons (Fsp3) is 0.692. The SMILES string of the molecule is CCc1ccc(C#CC23CCC([C@H]4CC[C@H](CC)CC4)(CC2)CC3)cc1. The number of fused-ring (bicyclic) bond motifs is 3. The summed E-state index contributed by atoms with van der Waals surface area (Å²) >= 11 is 0. The van der Waals surface area contributed by atoms with E-state index in [2.05, 4.69) is 50.0 Å². The van der Waals surface area contributed by atoms with Crippen LogP contribution in [0.15, 0.2) is 24.3 Å². The van der Waals surface area contributed by atoms with Gasteiger partial charge < -0.3 is 0 Å². The van der Waals surface area contributed by atoms with Gasteiger partial charge in [0, 0.05) is 11.0 Å². The molecule has 4 aliphatic carbocycles. The average Bonchev–Trinajstić information content (AvgIpc) is 2.74. The molecule has 0 saturated heterocycles. The zero-order valence-electron chi connectivity index (χ0n) is 16.9. The van der Waals surface area contributed by atoms with Crippen molar-refractivity contribution in [2.45, 2.75) is 90.9 Å². The quantitative estimate of drug-likeness (QED) is 0.508. The van der Waals surface area contributed by atoms with Gasteiger partial charge in [0.15, 0.2) is 0 Å². The van der Waals surface area contributed by atoms with Crippen molar-refractivity contribution in [3.05, 3.63) is 35.4 Å². The van der Waals surface area contributed by atoms with Crippen LogP contribution < -0.4 is 0 Å². The number of rotatable bonds is 3. The monoisotopic (exact) mass is 348 g/mol. The molecule has 1 aromatic rings. The van der Waals surface area contributed by atoms with Crippen molar-refractivity contribution in [3.63, 3.8) is 0 Å². The molecule has 4 saturated carbocycles. The van der Waals surface area contributed by atoms with Crippen LogP contribution in [-0.2, 0) is 6.42 Å². The van der Waals surface area contributed by atoms with Gasteiger partial charge in [0.2, 0.25) is 0 Å². The zero-order valence-corrected chi connectivity index (χ0v) is 16.9. The highest BCUT2D eigenvalue weighted by molar-refractivity contribution is 5.38. The van der Waals surface area contributed by atoms with E-state index in [9.17, 15) is 0 Å². The van der Waals surface area contributed by atoms with E-state index in [1.165, 1.54) is 81.8 Å². The average molecular weight is 349 g/mol. The van der Waals surface area contributed by atoms with E-state index in [1.807, 2.05) is 0 Å². The van der Waals surface area contributed by atoms with Crippen molar-refractivity contribution in [1.82, 2.24) is 0 Å². The van der Waals surface area contributed by atoms with Crippen molar-refractivity contribution < 1.29 is 0 Å². The fourth-order valence-corrected chi connectivity index (χ4v) is 6.23. The summed E-state index contributed by atoms with van der Waals surface area (Å²) in [5.41, 5.74) is 3.65. The van der Waals surface area contributed by atoms with Gasteiger partial charge in [0.1, 0.15) is 0 Å². The Hall–Kier alpha value is -1.22. The molecule has 5 rings (SSSR count). The first-order chi connectivity index (χ1) is 12.7. The molecule has 0 N–H and O–H groups in total. The van der Waals surface area contributed by atoms with Crippen molar-refractivity contribution >= 4 is 0 Å². The molecule has 0 aromatic heterocycles. The van der Waals surface area contributed by atoms with Crippen molar-refractivity contribution in [2.75, 3.05) is 0 Å². The Bertz CT molecular complexity index is 636. The maximum absolute atomic E-state index is 3.76. The van der Waals surface area contributed by atoms with Gasteiger partial charge in [0.05, 0.1) is 0 Å². The predicted molar refractivity (Wildman–Crippen MR) is 111 cm³/mol. The summed E-state index contributed by atoms with van der Waals surface area (Å²) in [6.07, 6.45) is 17.0. The van der Waals surface area contributed by atoms with Crippen LogP contribution >= 0.6 is 0 Å². The van der Waals surface area contributed by atoms with Gasteiger partial charge in [-0.2, -0.15) is 0 Å². The molecule has 0 radical (unpaired) electrons. The minimum absolute atomic E-state index is 0.339. The van der Waals surface area contributed by atoms with Gasteiger partial charge in [-0.25, -0.2) is 0 Å². The maximum atomic E-state index is 3.76. The highest BCUT2D eigenvalue weighted by Crippen LogP contribution is 2.62. The molecular weight excluding hydrogens is 312 g/mol. The Kier molecular flexibility index (Phi) is 5.18. The molecule has 2 bridgehead atoms. The third kappa shape index (κ3) is 3.47. The standard InChI is InChI=1S/C26H36/c1-3-21-5-7-23(8-6-21)13-14-25-15-18-26(19-16-25,20-17-25)24-11-9-22(4-2)10-12-24/h5-8,22,24H,3-4,9-12,15-20H2,1-2H3/t22-,24-,25?,26?. The Morgan fingerprint density at radius 1 is 0.846 bits per heavy atom. The molecule has 0 atom stereocenters. The molecule has 0 nitrogen and oxygen atoms in total. The predicted octanol–water partition coefficient (Wildman–Crippen LogP) is 7.16. The second kappa shape index (κ2) is 7.42. The molecule has 1 aromatic carbocycles. The molecule has 0 unspecified atom stereocenters. The van der Waals surface area contributed by atoms with E-state index in [0.29, 0.717) is 10.8 Å². The third-order valence-corrected chi connectivity index (χ3v) is 8.43. The lowest BCUT2D eigenvalue weighted by Crippen LogP contribution is -2.45. The highest BCUT2D eigenvalue weighted by atomic mass is 14.6. The Morgan fingerprint density at radius 3 is 2.00 bits per heavy atom. The van der Waals surface area contributed by atoms with E-state index in [0.717, 1.165) is 18.3 Å². The van der Waals surface area contributed by atoms with Gasteiger partial charge in [-0.05, 0) is 92.7 Å². The first kappa shape index (κ1) is 18.2. The molecule has 0 amide bonds. The Morgan fingerprint density at radius 2 is 1.46 bits per heavy atom. The van der Waals surface area contributed by atoms with E-state index >= 15 is 0 Å². The van der Waals surface area contributed by atoms with E-state index in [1.54, 1.807) is 0 Å². The van der Waals surface area contributed by atoms with Gasteiger partial charge in [0.25, 0.3) is 0 Å². The summed E-state index contributed by atoms with van der Waals surface area (Å²) in [5, 5.41) is 0. The Labute approximate surface area is 161 Å². The summed E-state index contributed by atoms with van der Waals surface area (Å²) in [6, 6.07) is 8.90. The van der Waals surface area contributed by atoms with E-state index in [4.69, 9.17) is 0 Å². The first-order valence-electron chi connectivity index (χ1n) is 11.3. The minimum atomic E-state index is 0.339. The smallest absolute Gasteiger partial charge is 0.0319 e. The minimum Gasteiger partial charge on any atom is -0.0911 e. The first-order valence-corrected chi connectivity index (χ1v) is 11.3.